The van der Waals surface area contributed by atoms with Gasteiger partial charge in [-0.05, 0) is 13.5 Å². The fraction of sp³-hybridized carbons (Fsp3) is 0.714. The van der Waals surface area contributed by atoms with E-state index in [2.05, 4.69) is 17.5 Å². The molecule has 6 nitrogen and oxygen atoms in total. The van der Waals surface area contributed by atoms with Crippen molar-refractivity contribution in [1.82, 2.24) is 10.9 Å². The quantitative estimate of drug-likeness (QED) is 0.131. The van der Waals surface area contributed by atoms with Crippen molar-refractivity contribution in [3.05, 3.63) is 12.3 Å². The summed E-state index contributed by atoms with van der Waals surface area (Å²) >= 11 is 0. The Bertz CT molecular complexity index is 142. The Morgan fingerprint density at radius 2 is 2.31 bits per heavy atom. The number of nitrogens with one attached hydrogen (secondary N) is 2. The van der Waals surface area contributed by atoms with Crippen molar-refractivity contribution >= 4 is 0 Å². The van der Waals surface area contributed by atoms with Crippen LogP contribution in [0.1, 0.15) is 12.8 Å². The minimum atomic E-state index is -0.415. The van der Waals surface area contributed by atoms with E-state index in [4.69, 9.17) is 21.2 Å². The number of allylic oxidation sites excluding steroid dienone is 1. The summed E-state index contributed by atoms with van der Waals surface area (Å²) in [6.07, 6.45) is 1.05. The number of hydrogen-bond acceptors (Lipinski definition) is 6. The van der Waals surface area contributed by atoms with E-state index < -0.39 is 6.35 Å². The summed E-state index contributed by atoms with van der Waals surface area (Å²) in [6, 6.07) is 0. The number of nitrogens with two attached hydrogens (primary N) is 2. The Kier molecular flexibility index (Phi) is 7.56. The maximum Gasteiger partial charge on any atom is 0.160 e. The molecule has 0 aromatic heterocycles. The lowest BCUT2D eigenvalue weighted by molar-refractivity contribution is 0.0337. The van der Waals surface area contributed by atoms with Crippen LogP contribution in [-0.2, 0) is 9.57 Å². The van der Waals surface area contributed by atoms with Gasteiger partial charge >= 0.3 is 0 Å². The van der Waals surface area contributed by atoms with E-state index >= 15 is 0 Å². The Labute approximate surface area is 78.2 Å². The highest BCUT2D eigenvalue weighted by molar-refractivity contribution is 4.80. The molecule has 0 amide bonds. The van der Waals surface area contributed by atoms with Crippen molar-refractivity contribution in [2.45, 2.75) is 19.2 Å². The van der Waals surface area contributed by atoms with Crippen LogP contribution < -0.4 is 22.5 Å². The predicted octanol–water partition coefficient (Wildman–Crippen LogP) is -0.846. The zero-order valence-corrected chi connectivity index (χ0v) is 7.88. The Morgan fingerprint density at radius 3 is 2.85 bits per heavy atom. The van der Waals surface area contributed by atoms with E-state index in [-0.39, 0.29) is 0 Å². The van der Waals surface area contributed by atoms with Crippen LogP contribution in [0, 0.1) is 0 Å². The fourth-order valence-corrected chi connectivity index (χ4v) is 0.697. The van der Waals surface area contributed by atoms with Crippen LogP contribution in [0.25, 0.3) is 0 Å². The third-order valence-corrected chi connectivity index (χ3v) is 1.39. The topological polar surface area (TPSA) is 94.6 Å². The maximum atomic E-state index is 5.43. The van der Waals surface area contributed by atoms with Gasteiger partial charge in [-0.1, -0.05) is 12.2 Å². The lowest BCUT2D eigenvalue weighted by atomic mass is 10.3. The van der Waals surface area contributed by atoms with Gasteiger partial charge in [-0.3, -0.25) is 11.1 Å². The third kappa shape index (κ3) is 7.69. The van der Waals surface area contributed by atoms with Gasteiger partial charge in [0.15, 0.2) is 6.35 Å². The molecule has 0 fully saturated rings. The molecule has 0 saturated heterocycles. The van der Waals surface area contributed by atoms with Crippen molar-refractivity contribution in [1.29, 1.82) is 0 Å². The predicted molar refractivity (Wildman–Crippen MR) is 49.8 cm³/mol. The fourth-order valence-electron chi connectivity index (χ4n) is 0.697. The highest BCUT2D eigenvalue weighted by atomic mass is 16.7. The van der Waals surface area contributed by atoms with Crippen molar-refractivity contribution in [3.63, 3.8) is 0 Å². The molecule has 13 heavy (non-hydrogen) atoms. The summed E-state index contributed by atoms with van der Waals surface area (Å²) in [5, 5.41) is 2.75. The van der Waals surface area contributed by atoms with Crippen LogP contribution in [0.15, 0.2) is 12.3 Å². The first kappa shape index (κ1) is 12.3. The first-order valence-corrected chi connectivity index (χ1v) is 4.05. The summed E-state index contributed by atoms with van der Waals surface area (Å²) in [5.41, 5.74) is 7.48. The molecule has 1 atom stereocenters. The van der Waals surface area contributed by atoms with Gasteiger partial charge in [0.05, 0.1) is 6.61 Å². The zero-order valence-electron chi connectivity index (χ0n) is 7.88. The van der Waals surface area contributed by atoms with Crippen LogP contribution in [-0.4, -0.2) is 20.0 Å². The van der Waals surface area contributed by atoms with E-state index in [1.807, 2.05) is 0 Å². The average Bonchev–Trinajstić information content (AvgIpc) is 2.12. The third-order valence-electron chi connectivity index (χ3n) is 1.39. The van der Waals surface area contributed by atoms with E-state index in [0.717, 1.165) is 6.42 Å². The monoisotopic (exact) mass is 190 g/mol. The lowest BCUT2D eigenvalue weighted by Gasteiger charge is -2.11. The van der Waals surface area contributed by atoms with Gasteiger partial charge in [-0.25, -0.2) is 5.84 Å². The smallest absolute Gasteiger partial charge is 0.160 e. The molecule has 0 aliphatic rings. The van der Waals surface area contributed by atoms with Gasteiger partial charge < -0.3 is 9.57 Å². The largest absolute Gasteiger partial charge is 0.399 e. The van der Waals surface area contributed by atoms with Crippen LogP contribution in [0.2, 0.25) is 0 Å². The summed E-state index contributed by atoms with van der Waals surface area (Å²) in [5.74, 6) is 5.48. The van der Waals surface area contributed by atoms with Crippen molar-refractivity contribution in [2.75, 3.05) is 13.7 Å². The molecule has 0 radical (unpaired) electrons. The number of hydrazine groups is 1. The Balaban J connectivity index is 3.20. The molecule has 0 rings (SSSR count). The molecule has 0 aromatic carbocycles. The summed E-state index contributed by atoms with van der Waals surface area (Å²) < 4.78 is 5.14. The van der Waals surface area contributed by atoms with Crippen molar-refractivity contribution in [3.8, 4) is 0 Å². The first-order chi connectivity index (χ1) is 6.20. The second kappa shape index (κ2) is 7.96. The normalized spacial score (nSPS) is 12.5. The second-order valence-electron chi connectivity index (χ2n) is 2.44. The summed E-state index contributed by atoms with van der Waals surface area (Å²) in [6.45, 7) is 4.16. The van der Waals surface area contributed by atoms with E-state index in [9.17, 15) is 0 Å². The molecular formula is C7H18N4O2. The Morgan fingerprint density at radius 1 is 1.62 bits per heavy atom. The number of ether oxygens (including phenoxy) is 1. The average molecular weight is 190 g/mol. The molecule has 78 valence electrons. The molecule has 1 unspecified atom stereocenters. The van der Waals surface area contributed by atoms with Gasteiger partial charge in [-0.2, -0.15) is 0 Å². The minimum absolute atomic E-state index is 0.415. The van der Waals surface area contributed by atoms with Gasteiger partial charge in [0.1, 0.15) is 5.76 Å². The van der Waals surface area contributed by atoms with E-state index in [1.54, 1.807) is 7.05 Å². The van der Waals surface area contributed by atoms with Crippen LogP contribution in [0.3, 0.4) is 0 Å². The molecule has 0 aromatic rings. The Hall–Kier alpha value is -0.660. The molecule has 0 spiro atoms. The van der Waals surface area contributed by atoms with Crippen molar-refractivity contribution < 1.29 is 9.57 Å². The van der Waals surface area contributed by atoms with Gasteiger partial charge in [0.25, 0.3) is 0 Å². The zero-order chi connectivity index (χ0) is 10.1. The molecule has 6 N–H and O–H groups in total. The summed E-state index contributed by atoms with van der Waals surface area (Å²) in [7, 11) is 1.73. The molecular weight excluding hydrogens is 172 g/mol. The van der Waals surface area contributed by atoms with Crippen LogP contribution in [0.5, 0.6) is 0 Å². The second-order valence-corrected chi connectivity index (χ2v) is 2.44. The molecule has 0 aliphatic carbocycles. The van der Waals surface area contributed by atoms with E-state index in [0.29, 0.717) is 18.8 Å². The minimum Gasteiger partial charge on any atom is -0.399 e. The van der Waals surface area contributed by atoms with Gasteiger partial charge in [0.2, 0.25) is 0 Å². The maximum absolute atomic E-state index is 5.43. The van der Waals surface area contributed by atoms with Crippen LogP contribution in [0.4, 0.5) is 0 Å². The first-order valence-electron chi connectivity index (χ1n) is 4.05. The van der Waals surface area contributed by atoms with Gasteiger partial charge in [-0.15, -0.1) is 0 Å². The summed E-state index contributed by atoms with van der Waals surface area (Å²) in [4.78, 5) is 4.71. The number of rotatable bonds is 8. The molecule has 0 heterocycles. The van der Waals surface area contributed by atoms with Gasteiger partial charge in [0, 0.05) is 6.42 Å². The molecule has 0 aliphatic heterocycles. The highest BCUT2D eigenvalue weighted by Crippen LogP contribution is 2.01. The highest BCUT2D eigenvalue weighted by Gasteiger charge is 1.98. The number of hydrogen-bond donors (Lipinski definition) is 4. The standard InChI is InChI=1S/C7H18N4O2/c1-6(13-11-9)4-3-5-12-7(8)10-2/h7,10-11H,1,3-5,8-9H2,2H3. The molecule has 6 heteroatoms. The van der Waals surface area contributed by atoms with Crippen LogP contribution >= 0.6 is 0 Å². The molecule has 0 bridgehead atoms. The SMILES string of the molecule is C=C(CCCOC(N)NC)ONN. The van der Waals surface area contributed by atoms with E-state index in [1.165, 1.54) is 0 Å². The lowest BCUT2D eigenvalue weighted by Crippen LogP contribution is -2.37. The molecule has 0 saturated carbocycles. The van der Waals surface area contributed by atoms with Crippen molar-refractivity contribution in [2.24, 2.45) is 11.6 Å².